The van der Waals surface area contributed by atoms with E-state index < -0.39 is 132 Å². The van der Waals surface area contributed by atoms with Gasteiger partial charge in [0, 0.05) is 122 Å². The molecule has 2 aromatic rings. The average molecular weight is 1480 g/mol. The van der Waals surface area contributed by atoms with E-state index in [1.54, 1.807) is 77.9 Å². The quantitative estimate of drug-likeness (QED) is 0.0178. The van der Waals surface area contributed by atoms with Gasteiger partial charge < -0.3 is 69.9 Å². The molecule has 0 saturated heterocycles. The number of aliphatic hydroxyl groups is 1. The van der Waals surface area contributed by atoms with E-state index in [1.165, 1.54) is 31.1 Å². The van der Waals surface area contributed by atoms with Crippen LogP contribution in [0.1, 0.15) is 164 Å². The predicted molar refractivity (Wildman–Crippen MR) is 396 cm³/mol. The number of nitrogens with two attached hydrogens (primary N) is 1. The minimum Gasteiger partial charge on any atom is -0.462 e. The summed E-state index contributed by atoms with van der Waals surface area (Å²) in [7, 11) is 7.75. The summed E-state index contributed by atoms with van der Waals surface area (Å²) in [6, 6.07) is 11.7. The van der Waals surface area contributed by atoms with Crippen molar-refractivity contribution in [2.75, 3.05) is 58.7 Å². The Bertz CT molecular complexity index is 3140. The first-order chi connectivity index (χ1) is 49.0. The molecule has 7 amide bonds. The molecule has 1 aliphatic rings. The van der Waals surface area contributed by atoms with Gasteiger partial charge in [-0.15, -0.1) is 0 Å². The number of anilines is 1. The van der Waals surface area contributed by atoms with Gasteiger partial charge in [-0.2, -0.15) is 11.8 Å². The standard InChI is InChI=1S/C77H117N7O19S/c1-19-48(10)71(63(98-17)42-65(89)82(14)51(13)73(99-18)50(12)60(85)36-49(11)72(93)53-26-23-22-24-27-53)83(15)75(95)59(45(4)5)41-62(87)70(47(8)9)84(16)77(97)100-43-52-29-31-55(32-30-52)80-74(94)54(28-25-34-79-76(78)96)37-61(86)69(46(6)7)81-64(88)44-104-35-33-68(92)103-58-39-56(101-66(90)20-2)38-57(40-58)102-67(91)21-3/h20-24,26-27,29-32,45-51,54,56-59,63,69-73,93H,2-3,19,25,28,33-44H2,1,4-18H3,(H,80,94)(H,81,88)(H3,78,79,96)/t48-,49+,50+,51+,54-,56-,57+,58?,59+,63-,69+,70+,71+,72-,73-/m1/s1. The number of aliphatic hydroxyl groups excluding tert-OH is 1. The fourth-order valence-electron chi connectivity index (χ4n) is 13.2. The lowest BCUT2D eigenvalue weighted by molar-refractivity contribution is -0.165. The number of likely N-dealkylation sites (N-methyl/N-ethyl adjacent to an activating group) is 3. The van der Waals surface area contributed by atoms with Crippen LogP contribution < -0.4 is 21.7 Å². The zero-order chi connectivity index (χ0) is 78.2. The van der Waals surface area contributed by atoms with Gasteiger partial charge in [-0.05, 0) is 72.6 Å². The summed E-state index contributed by atoms with van der Waals surface area (Å²) >= 11 is 1.13. The number of benzene rings is 2. The average Bonchev–Trinajstić information content (AvgIpc) is 0.815. The van der Waals surface area contributed by atoms with Crippen molar-refractivity contribution in [3.8, 4) is 0 Å². The molecule has 1 fully saturated rings. The second-order valence-electron chi connectivity index (χ2n) is 28.3. The van der Waals surface area contributed by atoms with Crippen LogP contribution in [0.2, 0.25) is 0 Å². The Hall–Kier alpha value is -8.01. The number of esters is 3. The minimum atomic E-state index is -0.991. The summed E-state index contributed by atoms with van der Waals surface area (Å²) in [5.74, 6) is -8.40. The largest absolute Gasteiger partial charge is 0.462 e. The molecule has 580 valence electrons. The van der Waals surface area contributed by atoms with Crippen molar-refractivity contribution in [1.29, 1.82) is 0 Å². The normalized spacial score (nSPS) is 17.8. The summed E-state index contributed by atoms with van der Waals surface area (Å²) in [4.78, 5) is 165. The van der Waals surface area contributed by atoms with E-state index >= 15 is 0 Å². The van der Waals surface area contributed by atoms with Crippen molar-refractivity contribution >= 4 is 88.5 Å². The van der Waals surface area contributed by atoms with Gasteiger partial charge in [0.05, 0.1) is 61.1 Å². The van der Waals surface area contributed by atoms with E-state index in [0.29, 0.717) is 23.2 Å². The first kappa shape index (κ1) is 90.2. The third-order valence-corrected chi connectivity index (χ3v) is 20.4. The van der Waals surface area contributed by atoms with Crippen LogP contribution in [-0.2, 0) is 83.0 Å². The lowest BCUT2D eigenvalue weighted by atomic mass is 9.83. The summed E-state index contributed by atoms with van der Waals surface area (Å²) in [6.07, 6.45) is -2.18. The third kappa shape index (κ3) is 29.1. The van der Waals surface area contributed by atoms with E-state index in [0.717, 1.165) is 23.9 Å². The van der Waals surface area contributed by atoms with Crippen LogP contribution in [0.4, 0.5) is 15.3 Å². The Morgan fingerprint density at radius 3 is 1.79 bits per heavy atom. The zero-order valence-electron chi connectivity index (χ0n) is 63.9. The van der Waals surface area contributed by atoms with E-state index in [9.17, 15) is 62.6 Å². The highest BCUT2D eigenvalue weighted by Crippen LogP contribution is 2.32. The highest BCUT2D eigenvalue weighted by atomic mass is 32.2. The van der Waals surface area contributed by atoms with E-state index in [2.05, 4.69) is 29.1 Å². The van der Waals surface area contributed by atoms with Crippen LogP contribution in [-0.4, -0.2) is 199 Å². The molecule has 0 bridgehead atoms. The molecule has 15 atom stereocenters. The third-order valence-electron chi connectivity index (χ3n) is 19.5. The number of hydrogen-bond donors (Lipinski definition) is 5. The molecule has 0 spiro atoms. The summed E-state index contributed by atoms with van der Waals surface area (Å²) in [6.45, 7) is 26.8. The number of urea groups is 1. The lowest BCUT2D eigenvalue weighted by Gasteiger charge is -2.41. The molecule has 1 aliphatic carbocycles. The number of primary amides is 1. The Morgan fingerprint density at radius 2 is 1.27 bits per heavy atom. The fourth-order valence-corrected chi connectivity index (χ4v) is 13.9. The molecule has 1 saturated carbocycles. The first-order valence-electron chi connectivity index (χ1n) is 36.0. The Balaban J connectivity index is 1.65. The summed E-state index contributed by atoms with van der Waals surface area (Å²) < 4.78 is 34.0. The predicted octanol–water partition coefficient (Wildman–Crippen LogP) is 9.13. The molecule has 1 unspecified atom stereocenters. The van der Waals surface area contributed by atoms with Gasteiger partial charge in [-0.3, -0.25) is 38.4 Å². The van der Waals surface area contributed by atoms with Gasteiger partial charge in [0.1, 0.15) is 30.7 Å². The highest BCUT2D eigenvalue weighted by Gasteiger charge is 2.42. The lowest BCUT2D eigenvalue weighted by Crippen LogP contribution is -2.54. The molecule has 2 aromatic carbocycles. The van der Waals surface area contributed by atoms with Crippen molar-refractivity contribution in [3.63, 3.8) is 0 Å². The van der Waals surface area contributed by atoms with Crippen molar-refractivity contribution in [1.82, 2.24) is 25.3 Å². The minimum absolute atomic E-state index is 0.0819. The van der Waals surface area contributed by atoms with Crippen molar-refractivity contribution in [2.45, 2.75) is 214 Å². The number of hydrogen-bond acceptors (Lipinski definition) is 20. The number of nitrogens with one attached hydrogen (secondary N) is 3. The van der Waals surface area contributed by atoms with Crippen LogP contribution in [0, 0.1) is 47.3 Å². The molecule has 0 heterocycles. The molecule has 104 heavy (non-hydrogen) atoms. The number of thioether (sulfide) groups is 1. The van der Waals surface area contributed by atoms with E-state index in [1.807, 2.05) is 71.9 Å². The monoisotopic (exact) mass is 1480 g/mol. The van der Waals surface area contributed by atoms with Crippen LogP contribution >= 0.6 is 11.8 Å². The van der Waals surface area contributed by atoms with Crippen LogP contribution in [0.3, 0.4) is 0 Å². The molecule has 0 aromatic heterocycles. The van der Waals surface area contributed by atoms with Crippen molar-refractivity contribution in [3.05, 3.63) is 91.0 Å². The number of rotatable bonds is 46. The maximum atomic E-state index is 14.9. The van der Waals surface area contributed by atoms with Crippen LogP contribution in [0.5, 0.6) is 0 Å². The number of carbonyl (C=O) groups excluding carboxylic acids is 12. The number of nitrogens with zero attached hydrogens (tertiary/aromatic N) is 3. The van der Waals surface area contributed by atoms with Crippen LogP contribution in [0.25, 0.3) is 0 Å². The van der Waals surface area contributed by atoms with Crippen LogP contribution in [0.15, 0.2) is 79.9 Å². The van der Waals surface area contributed by atoms with Gasteiger partial charge in [-0.1, -0.05) is 131 Å². The molecule has 26 nitrogen and oxygen atoms in total. The van der Waals surface area contributed by atoms with Gasteiger partial charge in [-0.25, -0.2) is 19.2 Å². The van der Waals surface area contributed by atoms with Gasteiger partial charge >= 0.3 is 30.0 Å². The summed E-state index contributed by atoms with van der Waals surface area (Å²) in [5.41, 5.74) is 6.88. The number of ether oxygens (including phenoxy) is 6. The molecular formula is C77H117N7O19S. The Morgan fingerprint density at radius 1 is 0.683 bits per heavy atom. The maximum Gasteiger partial charge on any atom is 0.410 e. The molecule has 3 rings (SSSR count). The maximum absolute atomic E-state index is 14.9. The fraction of sp³-hybridized carbons (Fsp3) is 0.636. The molecule has 0 radical (unpaired) electrons. The molecule has 27 heteroatoms. The molecular weight excluding hydrogens is 1360 g/mol. The van der Waals surface area contributed by atoms with Gasteiger partial charge in [0.15, 0.2) is 11.6 Å². The highest BCUT2D eigenvalue weighted by molar-refractivity contribution is 7.99. The van der Waals surface area contributed by atoms with E-state index in [4.69, 9.17) is 34.2 Å². The van der Waals surface area contributed by atoms with Crippen molar-refractivity contribution < 1.29 is 91.1 Å². The Labute approximate surface area is 619 Å². The van der Waals surface area contributed by atoms with Gasteiger partial charge in [0.2, 0.25) is 23.6 Å². The first-order valence-corrected chi connectivity index (χ1v) is 37.1. The number of amides is 7. The number of Topliss-reactive ketones (excluding diaryl/α,β-unsaturated/α-hetero) is 3. The van der Waals surface area contributed by atoms with Crippen molar-refractivity contribution in [2.24, 2.45) is 53.1 Å². The summed E-state index contributed by atoms with van der Waals surface area (Å²) in [5, 5.41) is 19.1. The van der Waals surface area contributed by atoms with Gasteiger partial charge in [0.25, 0.3) is 0 Å². The second kappa shape index (κ2) is 45.4. The topological polar surface area (TPSA) is 352 Å². The second-order valence-corrected chi connectivity index (χ2v) is 29.4. The zero-order valence-corrected chi connectivity index (χ0v) is 64.7. The molecule has 6 N–H and O–H groups in total. The van der Waals surface area contributed by atoms with E-state index in [-0.39, 0.29) is 136 Å². The smallest absolute Gasteiger partial charge is 0.410 e. The SMILES string of the molecule is C=CC(=O)O[C@@H]1CC(OC(=O)CCSCC(=O)N[C@H](C(=O)C[C@@H](CCCNC(N)=O)C(=O)Nc2ccc(COC(=O)N(C)[C@H](C(=O)C[C@H](C(=O)N(C)[C@@H]([C@H](C)CC)[C@@H](CC(=O)N(C)[C@@H](C)[C@H](OC)[C@@H](C)C(=O)C[C@H](C)[C@@H](O)c3ccccc3)OC)C(C)C)C(C)C)cc2)C(C)C)C[C@H](OC(=O)C=C)C1. The molecule has 0 aliphatic heterocycles. The Kier molecular flexibility index (Phi) is 39.4. The number of ketones is 3. The number of carbonyl (C=O) groups is 12. The number of methoxy groups -OCH3 is 2.